The number of carbonyl (C=O) groups is 1. The Kier molecular flexibility index (Phi) is 11.8. The Morgan fingerprint density at radius 3 is 2.04 bits per heavy atom. The van der Waals surface area contributed by atoms with Gasteiger partial charge in [0.25, 0.3) is 10.1 Å². The van der Waals surface area contributed by atoms with Crippen LogP contribution in [0.25, 0.3) is 0 Å². The molecule has 0 amide bonds. The van der Waals surface area contributed by atoms with Gasteiger partial charge < -0.3 is 4.74 Å². The van der Waals surface area contributed by atoms with Crippen LogP contribution in [-0.4, -0.2) is 48.5 Å². The Labute approximate surface area is 160 Å². The number of hydrogen-bond acceptors (Lipinski definition) is 4. The summed E-state index contributed by atoms with van der Waals surface area (Å²) >= 11 is 0. The van der Waals surface area contributed by atoms with Crippen molar-refractivity contribution in [1.82, 2.24) is 0 Å². The minimum absolute atomic E-state index is 0. The van der Waals surface area contributed by atoms with Gasteiger partial charge >= 0.3 is 35.5 Å². The Morgan fingerprint density at radius 2 is 1.52 bits per heavy atom. The summed E-state index contributed by atoms with van der Waals surface area (Å²) in [6.07, 6.45) is 8.25. The van der Waals surface area contributed by atoms with Gasteiger partial charge in [0.2, 0.25) is 0 Å². The third kappa shape index (κ3) is 10.1. The summed E-state index contributed by atoms with van der Waals surface area (Å²) in [7, 11) is -4.22. The molecule has 1 N–H and O–H groups in total. The number of ether oxygens (including phenoxy) is 1. The van der Waals surface area contributed by atoms with Crippen molar-refractivity contribution in [2.45, 2.75) is 63.2 Å². The van der Waals surface area contributed by atoms with E-state index in [0.717, 1.165) is 19.3 Å². The molecule has 0 aliphatic carbocycles. The monoisotopic (exact) mass is 352 g/mol. The molecule has 0 unspecified atom stereocenters. The van der Waals surface area contributed by atoms with Crippen molar-refractivity contribution in [3.05, 3.63) is 24.3 Å². The molecule has 0 fully saturated rings. The molecular formula is C16H25NaO5S. The first-order chi connectivity index (χ1) is 10.4. The van der Waals surface area contributed by atoms with E-state index in [9.17, 15) is 13.2 Å². The molecule has 0 atom stereocenters. The van der Waals surface area contributed by atoms with Gasteiger partial charge in [-0.1, -0.05) is 45.4 Å². The molecule has 5 nitrogen and oxygen atoms in total. The number of unbranched alkanes of at least 4 members (excludes halogenated alkanes) is 6. The average molecular weight is 352 g/mol. The number of esters is 1. The fourth-order valence-electron chi connectivity index (χ4n) is 2.09. The van der Waals surface area contributed by atoms with Crippen LogP contribution in [0.15, 0.2) is 29.2 Å². The van der Waals surface area contributed by atoms with Gasteiger partial charge in [-0.3, -0.25) is 9.35 Å². The van der Waals surface area contributed by atoms with Crippen molar-refractivity contribution in [1.29, 1.82) is 0 Å². The summed E-state index contributed by atoms with van der Waals surface area (Å²) in [5.74, 6) is -0.0477. The van der Waals surface area contributed by atoms with E-state index in [1.807, 2.05) is 0 Å². The second-order valence-electron chi connectivity index (χ2n) is 5.29. The van der Waals surface area contributed by atoms with E-state index in [2.05, 4.69) is 6.92 Å². The molecule has 0 aromatic heterocycles. The molecule has 0 aliphatic heterocycles. The van der Waals surface area contributed by atoms with Crippen LogP contribution in [0.1, 0.15) is 58.3 Å². The predicted octanol–water partition coefficient (Wildman–Crippen LogP) is 3.33. The third-order valence-electron chi connectivity index (χ3n) is 3.34. The molecule has 0 aliphatic rings. The van der Waals surface area contributed by atoms with Crippen LogP contribution in [0.4, 0.5) is 0 Å². The van der Waals surface area contributed by atoms with Gasteiger partial charge in [-0.05, 0) is 30.7 Å². The molecule has 126 valence electrons. The number of hydrogen-bond donors (Lipinski definition) is 1. The second kappa shape index (κ2) is 12.0. The maximum atomic E-state index is 11.6. The maximum absolute atomic E-state index is 11.6. The van der Waals surface area contributed by atoms with Crippen LogP contribution in [0.3, 0.4) is 0 Å². The molecule has 1 aromatic carbocycles. The molecule has 23 heavy (non-hydrogen) atoms. The molecule has 0 radical (unpaired) electrons. The molecule has 0 heterocycles. The third-order valence-corrected chi connectivity index (χ3v) is 4.21. The van der Waals surface area contributed by atoms with Crippen LogP contribution in [0.5, 0.6) is 5.75 Å². The Morgan fingerprint density at radius 1 is 1.00 bits per heavy atom. The number of rotatable bonds is 10. The average Bonchev–Trinajstić information content (AvgIpc) is 2.46. The Bertz CT molecular complexity index is 554. The van der Waals surface area contributed by atoms with Crippen LogP contribution in [0, 0.1) is 0 Å². The fraction of sp³-hybridized carbons (Fsp3) is 0.562. The summed E-state index contributed by atoms with van der Waals surface area (Å²) in [6.45, 7) is 2.18. The van der Waals surface area contributed by atoms with Gasteiger partial charge in [0, 0.05) is 6.42 Å². The summed E-state index contributed by atoms with van der Waals surface area (Å²) in [5.41, 5.74) is 0. The molecule has 0 saturated heterocycles. The Balaban J connectivity index is 0.00000484. The van der Waals surface area contributed by atoms with Crippen molar-refractivity contribution >= 4 is 45.6 Å². The van der Waals surface area contributed by atoms with Crippen molar-refractivity contribution in [2.75, 3.05) is 0 Å². The Hall–Kier alpha value is -0.400. The summed E-state index contributed by atoms with van der Waals surface area (Å²) in [4.78, 5) is 11.4. The summed E-state index contributed by atoms with van der Waals surface area (Å²) in [5, 5.41) is 0. The van der Waals surface area contributed by atoms with Gasteiger partial charge in [0.15, 0.2) is 0 Å². The zero-order valence-electron chi connectivity index (χ0n) is 13.0. The van der Waals surface area contributed by atoms with E-state index in [0.29, 0.717) is 6.42 Å². The van der Waals surface area contributed by atoms with Crippen LogP contribution >= 0.6 is 0 Å². The molecule has 0 bridgehead atoms. The van der Waals surface area contributed by atoms with Crippen molar-refractivity contribution in [3.8, 4) is 5.75 Å². The molecule has 7 heteroatoms. The van der Waals surface area contributed by atoms with Crippen LogP contribution in [0.2, 0.25) is 0 Å². The molecule has 1 rings (SSSR count). The van der Waals surface area contributed by atoms with Crippen molar-refractivity contribution in [3.63, 3.8) is 0 Å². The van der Waals surface area contributed by atoms with Gasteiger partial charge in [0.05, 0.1) is 4.90 Å². The molecular weight excluding hydrogens is 327 g/mol. The summed E-state index contributed by atoms with van der Waals surface area (Å²) < 4.78 is 35.7. The van der Waals surface area contributed by atoms with Gasteiger partial charge in [-0.15, -0.1) is 0 Å². The minimum atomic E-state index is -4.22. The molecule has 0 spiro atoms. The van der Waals surface area contributed by atoms with E-state index >= 15 is 0 Å². The first-order valence-electron chi connectivity index (χ1n) is 7.71. The quantitative estimate of drug-likeness (QED) is 0.230. The normalized spacial score (nSPS) is 10.9. The van der Waals surface area contributed by atoms with Gasteiger partial charge in [-0.25, -0.2) is 0 Å². The van der Waals surface area contributed by atoms with Crippen LogP contribution in [-0.2, 0) is 14.9 Å². The zero-order valence-corrected chi connectivity index (χ0v) is 13.8. The van der Waals surface area contributed by atoms with Crippen LogP contribution < -0.4 is 4.74 Å². The number of benzene rings is 1. The summed E-state index contributed by atoms with van der Waals surface area (Å²) in [6, 6.07) is 5.11. The van der Waals surface area contributed by atoms with E-state index in [1.54, 1.807) is 0 Å². The molecule has 1 aromatic rings. The first-order valence-corrected chi connectivity index (χ1v) is 9.15. The van der Waals surface area contributed by atoms with Crippen molar-refractivity contribution < 1.29 is 22.5 Å². The first kappa shape index (κ1) is 22.6. The number of carbonyl (C=O) groups excluding carboxylic acids is 1. The van der Waals surface area contributed by atoms with Crippen molar-refractivity contribution in [2.24, 2.45) is 0 Å². The fourth-order valence-corrected chi connectivity index (χ4v) is 2.57. The standard InChI is InChI=1S/C16H24O5S.Na.H/c1-2-3-4-5-6-7-8-9-16(17)21-14-10-12-15(13-11-14)22(18,19)20;;/h10-13H,2-9H2,1H3,(H,18,19,20);;. The molecule has 0 saturated carbocycles. The van der Waals surface area contributed by atoms with Gasteiger partial charge in [0.1, 0.15) is 5.75 Å². The topological polar surface area (TPSA) is 80.7 Å². The van der Waals surface area contributed by atoms with E-state index in [-0.39, 0.29) is 46.2 Å². The SMILES string of the molecule is CCCCCCCCCC(=O)Oc1ccc(S(=O)(=O)O)cc1.[NaH]. The van der Waals surface area contributed by atoms with E-state index in [1.165, 1.54) is 49.9 Å². The van der Waals surface area contributed by atoms with E-state index < -0.39 is 10.1 Å². The van der Waals surface area contributed by atoms with Gasteiger partial charge in [-0.2, -0.15) is 8.42 Å². The second-order valence-corrected chi connectivity index (χ2v) is 6.71. The zero-order chi connectivity index (χ0) is 16.4. The van der Waals surface area contributed by atoms with E-state index in [4.69, 9.17) is 9.29 Å². The predicted molar refractivity (Wildman–Crippen MR) is 91.7 cm³/mol.